The molecule has 3 aromatic rings. The summed E-state index contributed by atoms with van der Waals surface area (Å²) in [5.41, 5.74) is 9.96. The highest BCUT2D eigenvalue weighted by Crippen LogP contribution is 2.33. The van der Waals surface area contributed by atoms with Gasteiger partial charge in [0.15, 0.2) is 11.9 Å². The highest BCUT2D eigenvalue weighted by Gasteiger charge is 2.17. The fourth-order valence-corrected chi connectivity index (χ4v) is 2.76. The fourth-order valence-electron chi connectivity index (χ4n) is 2.76. The summed E-state index contributed by atoms with van der Waals surface area (Å²) in [6, 6.07) is 14.5. The van der Waals surface area contributed by atoms with E-state index in [9.17, 15) is 0 Å². The maximum atomic E-state index is 9.11. The molecule has 5 N–H and O–H groups in total. The van der Waals surface area contributed by atoms with E-state index in [1.54, 1.807) is 36.4 Å². The number of nitrogen functional groups attached to an aromatic ring is 1. The number of rotatable bonds is 5. The second kappa shape index (κ2) is 8.07. The van der Waals surface area contributed by atoms with Gasteiger partial charge in [-0.05, 0) is 61.4 Å². The van der Waals surface area contributed by atoms with Crippen molar-refractivity contribution in [2.24, 2.45) is 0 Å². The summed E-state index contributed by atoms with van der Waals surface area (Å²) in [7, 11) is 0. The highest BCUT2D eigenvalue weighted by molar-refractivity contribution is 5.83. The zero-order valence-corrected chi connectivity index (χ0v) is 15.9. The number of aryl methyl sites for hydroxylation is 2. The number of nitrogens with one attached hydrogen (secondary N) is 1. The van der Waals surface area contributed by atoms with Crippen molar-refractivity contribution in [3.63, 3.8) is 0 Å². The van der Waals surface area contributed by atoms with Crippen molar-refractivity contribution in [2.75, 3.05) is 11.1 Å². The van der Waals surface area contributed by atoms with Crippen LogP contribution in [0.4, 0.5) is 17.3 Å². The molecule has 2 aromatic carbocycles. The second-order valence-electron chi connectivity index (χ2n) is 6.29. The number of hydrogen-bond donors (Lipinski definition) is 3. The van der Waals surface area contributed by atoms with E-state index in [-0.39, 0.29) is 17.5 Å². The van der Waals surface area contributed by atoms with E-state index < -0.39 is 0 Å². The topological polar surface area (TPSA) is 146 Å². The van der Waals surface area contributed by atoms with Crippen LogP contribution in [0, 0.1) is 36.5 Å². The molecule has 1 heterocycles. The van der Waals surface area contributed by atoms with Crippen LogP contribution < -0.4 is 21.2 Å². The zero-order chi connectivity index (χ0) is 21.0. The van der Waals surface area contributed by atoms with E-state index in [1.807, 2.05) is 13.8 Å². The van der Waals surface area contributed by atoms with Gasteiger partial charge in [-0.2, -0.15) is 15.5 Å². The average Bonchev–Trinajstić information content (AvgIpc) is 2.72. The Hall–Kier alpha value is -4.43. The van der Waals surface area contributed by atoms with E-state index in [4.69, 9.17) is 26.4 Å². The summed E-state index contributed by atoms with van der Waals surface area (Å²) in [5.74, 6) is 0.935. The van der Waals surface area contributed by atoms with Gasteiger partial charge in [-0.1, -0.05) is 0 Å². The standard InChI is InChI=1S/C21H17N7O/c1-12-7-15(10-23)8-13(2)19(12)29-20-18(25)17(11-24)27-21(28-20)26-16-5-3-14(9-22)4-6-16/h3-8,11,24H,25H2,1-2H3,(H,26,27,28)/p+1. The van der Waals surface area contributed by atoms with Gasteiger partial charge in [-0.15, -0.1) is 0 Å². The van der Waals surface area contributed by atoms with Gasteiger partial charge in [0.05, 0.1) is 23.3 Å². The molecule has 29 heavy (non-hydrogen) atoms. The molecule has 3 rings (SSSR count). The third-order valence-corrected chi connectivity index (χ3v) is 4.16. The summed E-state index contributed by atoms with van der Waals surface area (Å²) >= 11 is 0. The van der Waals surface area contributed by atoms with Gasteiger partial charge in [0.25, 0.3) is 0 Å². The molecule has 8 heteroatoms. The normalized spacial score (nSPS) is 9.93. The number of hydrogen-bond acceptors (Lipinski definition) is 7. The smallest absolute Gasteiger partial charge is 0.248 e. The molecular weight excluding hydrogens is 366 g/mol. The summed E-state index contributed by atoms with van der Waals surface area (Å²) in [6.45, 7) is 3.68. The third-order valence-electron chi connectivity index (χ3n) is 4.16. The van der Waals surface area contributed by atoms with Crippen LogP contribution in [0.25, 0.3) is 0 Å². The number of anilines is 3. The van der Waals surface area contributed by atoms with Crippen LogP contribution in [0.2, 0.25) is 0 Å². The number of nitrogens with zero attached hydrogens (tertiary/aromatic N) is 4. The van der Waals surface area contributed by atoms with Crippen LogP contribution in [0.3, 0.4) is 0 Å². The fraction of sp³-hybridized carbons (Fsp3) is 0.0952. The van der Waals surface area contributed by atoms with Gasteiger partial charge in [0.2, 0.25) is 11.8 Å². The number of nitriles is 2. The van der Waals surface area contributed by atoms with E-state index in [2.05, 4.69) is 27.4 Å². The lowest BCUT2D eigenvalue weighted by Crippen LogP contribution is -2.31. The molecule has 0 aliphatic heterocycles. The molecule has 0 atom stereocenters. The summed E-state index contributed by atoms with van der Waals surface area (Å²) in [6.07, 6.45) is 1.27. The Morgan fingerprint density at radius 3 is 2.21 bits per heavy atom. The van der Waals surface area contributed by atoms with Crippen molar-refractivity contribution >= 4 is 23.5 Å². The maximum Gasteiger partial charge on any atom is 0.248 e. The molecule has 0 saturated carbocycles. The van der Waals surface area contributed by atoms with E-state index in [0.29, 0.717) is 28.3 Å². The number of benzene rings is 2. The first-order valence-electron chi connectivity index (χ1n) is 8.64. The minimum atomic E-state index is 0.142. The lowest BCUT2D eigenvalue weighted by molar-refractivity contribution is -0.104. The molecule has 0 fully saturated rings. The Morgan fingerprint density at radius 1 is 1.03 bits per heavy atom. The van der Waals surface area contributed by atoms with Crippen LogP contribution in [0.15, 0.2) is 36.4 Å². The van der Waals surface area contributed by atoms with E-state index >= 15 is 0 Å². The molecule has 0 saturated heterocycles. The maximum absolute atomic E-state index is 9.11. The monoisotopic (exact) mass is 384 g/mol. The average molecular weight is 384 g/mol. The summed E-state index contributed by atoms with van der Waals surface area (Å²) in [4.78, 5) is 8.65. The SMILES string of the molecule is Cc1cc(C#N)cc(C)c1Oc1nc(Nc2ccc(C#N)cc2)nc(C=[NH2+])c1N. The van der Waals surface area contributed by atoms with Crippen LogP contribution in [0.1, 0.15) is 27.9 Å². The van der Waals surface area contributed by atoms with Crippen LogP contribution in [0.5, 0.6) is 11.6 Å². The minimum absolute atomic E-state index is 0.142. The van der Waals surface area contributed by atoms with Crippen LogP contribution in [-0.4, -0.2) is 16.2 Å². The Balaban J connectivity index is 1.99. The molecule has 0 aliphatic carbocycles. The molecule has 0 amide bonds. The van der Waals surface area contributed by atoms with E-state index in [1.165, 1.54) is 6.21 Å². The predicted octanol–water partition coefficient (Wildman–Crippen LogP) is 2.13. The van der Waals surface area contributed by atoms with Gasteiger partial charge in [-0.3, -0.25) is 5.41 Å². The molecule has 0 bridgehead atoms. The van der Waals surface area contributed by atoms with Gasteiger partial charge in [-0.25, -0.2) is 4.98 Å². The Morgan fingerprint density at radius 2 is 1.66 bits per heavy atom. The summed E-state index contributed by atoms with van der Waals surface area (Å²) in [5, 5.41) is 26.7. The first-order valence-corrected chi connectivity index (χ1v) is 8.64. The van der Waals surface area contributed by atoms with Crippen molar-refractivity contribution in [3.8, 4) is 23.8 Å². The quantitative estimate of drug-likeness (QED) is 0.571. The largest absolute Gasteiger partial charge is 0.436 e. The zero-order valence-electron chi connectivity index (χ0n) is 15.9. The summed E-state index contributed by atoms with van der Waals surface area (Å²) < 4.78 is 5.98. The second-order valence-corrected chi connectivity index (χ2v) is 6.29. The van der Waals surface area contributed by atoms with Crippen molar-refractivity contribution in [3.05, 3.63) is 64.3 Å². The molecule has 0 unspecified atom stereocenters. The molecule has 8 nitrogen and oxygen atoms in total. The minimum Gasteiger partial charge on any atom is -0.436 e. The molecule has 0 spiro atoms. The van der Waals surface area contributed by atoms with Gasteiger partial charge >= 0.3 is 0 Å². The van der Waals surface area contributed by atoms with E-state index in [0.717, 1.165) is 11.1 Å². The Bertz CT molecular complexity index is 1150. The Labute approximate surface area is 167 Å². The number of aromatic nitrogens is 2. The molecule has 0 aliphatic rings. The van der Waals surface area contributed by atoms with Crippen molar-refractivity contribution in [1.29, 1.82) is 10.5 Å². The third kappa shape index (κ3) is 4.12. The molecule has 1 aromatic heterocycles. The Kier molecular flexibility index (Phi) is 5.38. The van der Waals surface area contributed by atoms with Crippen molar-refractivity contribution in [1.82, 2.24) is 9.97 Å². The number of nitrogens with two attached hydrogens (primary N) is 2. The van der Waals surface area contributed by atoms with Gasteiger partial charge in [0, 0.05) is 5.69 Å². The van der Waals surface area contributed by atoms with Gasteiger partial charge < -0.3 is 15.8 Å². The van der Waals surface area contributed by atoms with Crippen LogP contribution >= 0.6 is 0 Å². The predicted molar refractivity (Wildman–Crippen MR) is 109 cm³/mol. The number of ether oxygens (including phenoxy) is 1. The molecular formula is C21H18N7O+. The first-order chi connectivity index (χ1) is 13.9. The van der Waals surface area contributed by atoms with Gasteiger partial charge in [0.1, 0.15) is 11.4 Å². The van der Waals surface area contributed by atoms with Crippen LogP contribution in [-0.2, 0) is 0 Å². The lowest BCUT2D eigenvalue weighted by Gasteiger charge is -2.14. The molecule has 142 valence electrons. The highest BCUT2D eigenvalue weighted by atomic mass is 16.5. The van der Waals surface area contributed by atoms with Crippen molar-refractivity contribution in [2.45, 2.75) is 13.8 Å². The molecule has 0 radical (unpaired) electrons. The van der Waals surface area contributed by atoms with Crippen molar-refractivity contribution < 1.29 is 10.1 Å². The lowest BCUT2D eigenvalue weighted by atomic mass is 10.1. The first kappa shape index (κ1) is 19.3.